The number of benzene rings is 2. The highest BCUT2D eigenvalue weighted by Crippen LogP contribution is 2.31. The van der Waals surface area contributed by atoms with Gasteiger partial charge in [0, 0.05) is 5.39 Å². The number of carbonyl (C=O) groups is 1. The molecule has 0 saturated heterocycles. The van der Waals surface area contributed by atoms with Gasteiger partial charge in [-0.15, -0.1) is 0 Å². The molecule has 0 bridgehead atoms. The summed E-state index contributed by atoms with van der Waals surface area (Å²) in [5.74, 6) is 0.547. The Morgan fingerprint density at radius 1 is 1.18 bits per heavy atom. The van der Waals surface area contributed by atoms with Gasteiger partial charge in [-0.3, -0.25) is 4.79 Å². The highest BCUT2D eigenvalue weighted by Gasteiger charge is 2.17. The Balaban J connectivity index is 1.94. The van der Waals surface area contributed by atoms with Gasteiger partial charge in [-0.2, -0.15) is 0 Å². The summed E-state index contributed by atoms with van der Waals surface area (Å²) in [4.78, 5) is 12.3. The molecule has 0 fully saturated rings. The monoisotopic (exact) mass is 293 g/mol. The number of nitrogen functional groups attached to an aromatic ring is 1. The van der Waals surface area contributed by atoms with Crippen molar-refractivity contribution in [1.82, 2.24) is 0 Å². The van der Waals surface area contributed by atoms with Crippen molar-refractivity contribution in [2.75, 3.05) is 12.8 Å². The Labute approximate surface area is 127 Å². The molecule has 1 heterocycles. The number of hydrogen-bond donors (Lipinski definition) is 1. The van der Waals surface area contributed by atoms with Crippen LogP contribution in [0.4, 0.5) is 5.69 Å². The van der Waals surface area contributed by atoms with E-state index in [1.165, 1.54) is 6.08 Å². The van der Waals surface area contributed by atoms with Crippen molar-refractivity contribution in [3.05, 3.63) is 65.9 Å². The molecule has 0 spiro atoms. The average molecular weight is 293 g/mol. The van der Waals surface area contributed by atoms with E-state index in [1.807, 2.05) is 30.3 Å². The van der Waals surface area contributed by atoms with Crippen LogP contribution < -0.4 is 10.5 Å². The lowest BCUT2D eigenvalue weighted by Gasteiger charge is -1.97. The molecule has 0 atom stereocenters. The fourth-order valence-corrected chi connectivity index (χ4v) is 2.22. The molecule has 0 radical (unpaired) electrons. The Morgan fingerprint density at radius 2 is 1.95 bits per heavy atom. The van der Waals surface area contributed by atoms with Crippen molar-refractivity contribution in [2.24, 2.45) is 0 Å². The molecule has 0 aliphatic rings. The second-order valence-electron chi connectivity index (χ2n) is 4.82. The maximum atomic E-state index is 12.3. The number of hydrogen-bond acceptors (Lipinski definition) is 4. The minimum atomic E-state index is -0.267. The highest BCUT2D eigenvalue weighted by molar-refractivity contribution is 6.12. The summed E-state index contributed by atoms with van der Waals surface area (Å²) >= 11 is 0. The minimum Gasteiger partial charge on any atom is -0.497 e. The first kappa shape index (κ1) is 13.9. The Kier molecular flexibility index (Phi) is 3.66. The van der Waals surface area contributed by atoms with E-state index in [0.29, 0.717) is 22.4 Å². The quantitative estimate of drug-likeness (QED) is 0.585. The molecular weight excluding hydrogens is 278 g/mol. The zero-order valence-corrected chi connectivity index (χ0v) is 12.1. The van der Waals surface area contributed by atoms with Gasteiger partial charge in [0.1, 0.15) is 11.3 Å². The molecule has 0 amide bonds. The summed E-state index contributed by atoms with van der Waals surface area (Å²) in [6.07, 6.45) is 3.19. The summed E-state index contributed by atoms with van der Waals surface area (Å²) in [6, 6.07) is 14.8. The third kappa shape index (κ3) is 2.59. The van der Waals surface area contributed by atoms with Crippen molar-refractivity contribution < 1.29 is 13.9 Å². The Bertz CT molecular complexity index is 847. The molecule has 0 unspecified atom stereocenters. The van der Waals surface area contributed by atoms with Gasteiger partial charge in [-0.05, 0) is 29.8 Å². The topological polar surface area (TPSA) is 65.5 Å². The number of nitrogens with two attached hydrogens (primary N) is 1. The van der Waals surface area contributed by atoms with Crippen LogP contribution in [-0.2, 0) is 0 Å². The Morgan fingerprint density at radius 3 is 2.68 bits per heavy atom. The van der Waals surface area contributed by atoms with E-state index < -0.39 is 0 Å². The number of carbonyl (C=O) groups excluding carboxylic acids is 1. The fourth-order valence-electron chi connectivity index (χ4n) is 2.22. The number of furan rings is 1. The standard InChI is InChI=1S/C18H15NO3/c1-21-13-8-10-16-14(11-13)17(19)18(22-16)15(20)9-7-12-5-3-2-4-6-12/h2-11H,19H2,1H3/b9-7+. The van der Waals surface area contributed by atoms with E-state index >= 15 is 0 Å². The van der Waals surface area contributed by atoms with E-state index in [1.54, 1.807) is 31.4 Å². The third-order valence-corrected chi connectivity index (χ3v) is 3.38. The second kappa shape index (κ2) is 5.77. The van der Waals surface area contributed by atoms with Gasteiger partial charge in [0.15, 0.2) is 5.76 Å². The van der Waals surface area contributed by atoms with Gasteiger partial charge < -0.3 is 14.9 Å². The van der Waals surface area contributed by atoms with E-state index in [9.17, 15) is 4.79 Å². The number of rotatable bonds is 4. The van der Waals surface area contributed by atoms with Crippen LogP contribution in [0.25, 0.3) is 17.0 Å². The van der Waals surface area contributed by atoms with Crippen LogP contribution >= 0.6 is 0 Å². The molecule has 110 valence electrons. The highest BCUT2D eigenvalue weighted by atomic mass is 16.5. The van der Waals surface area contributed by atoms with Gasteiger partial charge in [-0.1, -0.05) is 36.4 Å². The van der Waals surface area contributed by atoms with Gasteiger partial charge in [0.2, 0.25) is 5.78 Å². The first-order valence-corrected chi connectivity index (χ1v) is 6.82. The van der Waals surface area contributed by atoms with Crippen LogP contribution in [0.3, 0.4) is 0 Å². The molecule has 4 heteroatoms. The molecule has 0 aliphatic carbocycles. The zero-order valence-electron chi connectivity index (χ0n) is 12.1. The van der Waals surface area contributed by atoms with Crippen LogP contribution in [-0.4, -0.2) is 12.9 Å². The van der Waals surface area contributed by atoms with Crippen molar-refractivity contribution in [2.45, 2.75) is 0 Å². The lowest BCUT2D eigenvalue weighted by atomic mass is 10.1. The van der Waals surface area contributed by atoms with Gasteiger partial charge in [-0.25, -0.2) is 0 Å². The van der Waals surface area contributed by atoms with E-state index in [2.05, 4.69) is 0 Å². The van der Waals surface area contributed by atoms with Crippen molar-refractivity contribution in [3.8, 4) is 5.75 Å². The molecule has 4 nitrogen and oxygen atoms in total. The molecular formula is C18H15NO3. The number of ether oxygens (including phenoxy) is 1. The minimum absolute atomic E-state index is 0.149. The molecule has 1 aromatic heterocycles. The Hall–Kier alpha value is -3.01. The number of anilines is 1. The van der Waals surface area contributed by atoms with Gasteiger partial charge >= 0.3 is 0 Å². The van der Waals surface area contributed by atoms with E-state index in [4.69, 9.17) is 14.9 Å². The smallest absolute Gasteiger partial charge is 0.223 e. The lowest BCUT2D eigenvalue weighted by molar-refractivity contribution is 0.102. The van der Waals surface area contributed by atoms with Crippen molar-refractivity contribution >= 4 is 28.5 Å². The summed E-state index contributed by atoms with van der Waals surface area (Å²) in [6.45, 7) is 0. The summed E-state index contributed by atoms with van der Waals surface area (Å²) in [5, 5.41) is 0.677. The zero-order chi connectivity index (χ0) is 15.5. The molecule has 2 N–H and O–H groups in total. The SMILES string of the molecule is COc1ccc2oc(C(=O)/C=C/c3ccccc3)c(N)c2c1. The second-order valence-corrected chi connectivity index (χ2v) is 4.82. The summed E-state index contributed by atoms with van der Waals surface area (Å²) in [5.41, 5.74) is 7.86. The molecule has 2 aromatic carbocycles. The first-order valence-electron chi connectivity index (χ1n) is 6.82. The van der Waals surface area contributed by atoms with Crippen LogP contribution in [0.15, 0.2) is 59.0 Å². The number of methoxy groups -OCH3 is 1. The maximum Gasteiger partial charge on any atom is 0.223 e. The average Bonchev–Trinajstić information content (AvgIpc) is 2.90. The normalized spacial score (nSPS) is 11.1. The number of fused-ring (bicyclic) bond motifs is 1. The third-order valence-electron chi connectivity index (χ3n) is 3.38. The van der Waals surface area contributed by atoms with E-state index in [0.717, 1.165) is 5.56 Å². The van der Waals surface area contributed by atoms with Crippen LogP contribution in [0, 0.1) is 0 Å². The fraction of sp³-hybridized carbons (Fsp3) is 0.0556. The van der Waals surface area contributed by atoms with E-state index in [-0.39, 0.29) is 11.5 Å². The largest absolute Gasteiger partial charge is 0.497 e. The molecule has 3 rings (SSSR count). The van der Waals surface area contributed by atoms with Gasteiger partial charge in [0.25, 0.3) is 0 Å². The van der Waals surface area contributed by atoms with Crippen molar-refractivity contribution in [1.29, 1.82) is 0 Å². The molecule has 3 aromatic rings. The summed E-state index contributed by atoms with van der Waals surface area (Å²) < 4.78 is 10.7. The van der Waals surface area contributed by atoms with Crippen LogP contribution in [0.1, 0.15) is 16.1 Å². The molecule has 0 aliphatic heterocycles. The maximum absolute atomic E-state index is 12.3. The van der Waals surface area contributed by atoms with Crippen LogP contribution in [0.2, 0.25) is 0 Å². The van der Waals surface area contributed by atoms with Crippen molar-refractivity contribution in [3.63, 3.8) is 0 Å². The summed E-state index contributed by atoms with van der Waals surface area (Å²) in [7, 11) is 1.58. The first-order chi connectivity index (χ1) is 10.7. The molecule has 0 saturated carbocycles. The van der Waals surface area contributed by atoms with Crippen LogP contribution in [0.5, 0.6) is 5.75 Å². The predicted octanol–water partition coefficient (Wildman–Crippen LogP) is 3.92. The molecule has 22 heavy (non-hydrogen) atoms. The van der Waals surface area contributed by atoms with Gasteiger partial charge in [0.05, 0.1) is 12.8 Å². The number of ketones is 1. The number of allylic oxidation sites excluding steroid dienone is 1. The predicted molar refractivity (Wildman–Crippen MR) is 87.0 cm³/mol. The lowest BCUT2D eigenvalue weighted by Crippen LogP contribution is -1.97.